The van der Waals surface area contributed by atoms with Gasteiger partial charge >= 0.3 is 0 Å². The Hall–Kier alpha value is -3.01. The number of nitrogens with two attached hydrogens (primary N) is 1. The van der Waals surface area contributed by atoms with Gasteiger partial charge in [0, 0.05) is 30.1 Å². The van der Waals surface area contributed by atoms with Crippen LogP contribution < -0.4 is 15.2 Å². The van der Waals surface area contributed by atoms with Crippen molar-refractivity contribution >= 4 is 17.2 Å². The maximum absolute atomic E-state index is 13.3. The van der Waals surface area contributed by atoms with Crippen molar-refractivity contribution in [2.24, 2.45) is 11.7 Å². The fourth-order valence-electron chi connectivity index (χ4n) is 4.41. The molecule has 37 heavy (non-hydrogen) atoms. The SMILES string of the molecule is COc1cc(-c2cncc(-c3cc(OCCC(C)CN)cs3)n2)ccc1C(=O)N(C)C1CCN(C)CC1. The van der Waals surface area contributed by atoms with E-state index in [1.807, 2.05) is 41.6 Å². The number of piperidine rings is 1. The van der Waals surface area contributed by atoms with Crippen LogP contribution in [-0.4, -0.2) is 79.2 Å². The van der Waals surface area contributed by atoms with Crippen molar-refractivity contribution in [2.75, 3.05) is 47.4 Å². The summed E-state index contributed by atoms with van der Waals surface area (Å²) in [6.45, 7) is 5.42. The standard InChI is InChI=1S/C28H37N5O3S/c1-19(15-29)9-12-36-22-14-27(37-18-22)25-17-30-16-24(31-25)20-5-6-23(26(13-20)35-4)28(34)33(3)21-7-10-32(2)11-8-21/h5-6,13-14,16-19,21H,7-12,15,29H2,1-4H3. The first-order chi connectivity index (χ1) is 17.9. The average molecular weight is 524 g/mol. The van der Waals surface area contributed by atoms with Crippen molar-refractivity contribution in [3.05, 3.63) is 47.6 Å². The van der Waals surface area contributed by atoms with Crippen molar-refractivity contribution in [1.82, 2.24) is 19.8 Å². The van der Waals surface area contributed by atoms with Gasteiger partial charge in [-0.25, -0.2) is 4.98 Å². The summed E-state index contributed by atoms with van der Waals surface area (Å²) >= 11 is 1.57. The number of rotatable bonds is 10. The van der Waals surface area contributed by atoms with E-state index in [1.165, 1.54) is 0 Å². The minimum absolute atomic E-state index is 0.0234. The quantitative estimate of drug-likeness (QED) is 0.421. The molecule has 1 fully saturated rings. The number of carbonyl (C=O) groups excluding carboxylic acids is 1. The highest BCUT2D eigenvalue weighted by molar-refractivity contribution is 7.13. The lowest BCUT2D eigenvalue weighted by molar-refractivity contribution is 0.0656. The van der Waals surface area contributed by atoms with E-state index in [4.69, 9.17) is 20.2 Å². The predicted molar refractivity (Wildman–Crippen MR) is 148 cm³/mol. The van der Waals surface area contributed by atoms with Gasteiger partial charge in [0.1, 0.15) is 11.5 Å². The summed E-state index contributed by atoms with van der Waals surface area (Å²) in [5, 5.41) is 1.99. The zero-order valence-corrected chi connectivity index (χ0v) is 23.0. The first-order valence-corrected chi connectivity index (χ1v) is 13.7. The van der Waals surface area contributed by atoms with Crippen LogP contribution in [0.2, 0.25) is 0 Å². The van der Waals surface area contributed by atoms with E-state index >= 15 is 0 Å². The fraction of sp³-hybridized carbons (Fsp3) is 0.464. The Kier molecular flexibility index (Phi) is 9.13. The molecule has 1 atom stereocenters. The second-order valence-corrected chi connectivity index (χ2v) is 10.7. The van der Waals surface area contributed by atoms with Crippen molar-refractivity contribution in [3.63, 3.8) is 0 Å². The van der Waals surface area contributed by atoms with Crippen molar-refractivity contribution < 1.29 is 14.3 Å². The summed E-state index contributed by atoms with van der Waals surface area (Å²) in [7, 11) is 5.60. The molecule has 0 aliphatic carbocycles. The third-order valence-electron chi connectivity index (χ3n) is 7.03. The number of amides is 1. The van der Waals surface area contributed by atoms with Crippen molar-refractivity contribution in [3.8, 4) is 33.3 Å². The minimum atomic E-state index is -0.0234. The number of likely N-dealkylation sites (tertiary alicyclic amines) is 1. The number of nitrogens with zero attached hydrogens (tertiary/aromatic N) is 4. The normalized spacial score (nSPS) is 15.4. The van der Waals surface area contributed by atoms with Gasteiger partial charge in [-0.3, -0.25) is 9.78 Å². The number of benzene rings is 1. The third kappa shape index (κ3) is 6.66. The lowest BCUT2D eigenvalue weighted by atomic mass is 10.0. The lowest BCUT2D eigenvalue weighted by Gasteiger charge is -2.35. The van der Waals surface area contributed by atoms with Gasteiger partial charge in [-0.05, 0) is 64.0 Å². The zero-order chi connectivity index (χ0) is 26.4. The van der Waals surface area contributed by atoms with Gasteiger partial charge in [0.15, 0.2) is 0 Å². The third-order valence-corrected chi connectivity index (χ3v) is 7.96. The van der Waals surface area contributed by atoms with Gasteiger partial charge in [-0.1, -0.05) is 13.0 Å². The molecule has 1 saturated heterocycles. The first-order valence-electron chi connectivity index (χ1n) is 12.8. The van der Waals surface area contributed by atoms with Crippen LogP contribution >= 0.6 is 11.3 Å². The highest BCUT2D eigenvalue weighted by Gasteiger charge is 2.26. The topological polar surface area (TPSA) is 93.8 Å². The monoisotopic (exact) mass is 523 g/mol. The van der Waals surface area contributed by atoms with Crippen LogP contribution in [0.3, 0.4) is 0 Å². The summed E-state index contributed by atoms with van der Waals surface area (Å²) in [5.41, 5.74) is 8.57. The number of carbonyl (C=O) groups is 1. The summed E-state index contributed by atoms with van der Waals surface area (Å²) in [6, 6.07) is 7.83. The molecule has 8 nitrogen and oxygen atoms in total. The Labute approximate surface area is 223 Å². The number of thiophene rings is 1. The number of aromatic nitrogens is 2. The maximum atomic E-state index is 13.3. The number of ether oxygens (including phenoxy) is 2. The van der Waals surface area contributed by atoms with Gasteiger partial charge in [0.2, 0.25) is 0 Å². The molecule has 1 aliphatic heterocycles. The van der Waals surface area contributed by atoms with Crippen LogP contribution in [-0.2, 0) is 0 Å². The van der Waals surface area contributed by atoms with Crippen LogP contribution in [0.25, 0.3) is 21.8 Å². The molecular formula is C28H37N5O3S. The molecule has 9 heteroatoms. The second-order valence-electron chi connectivity index (χ2n) is 9.78. The molecule has 0 saturated carbocycles. The highest BCUT2D eigenvalue weighted by atomic mass is 32.1. The molecule has 1 unspecified atom stereocenters. The first kappa shape index (κ1) is 27.0. The predicted octanol–water partition coefficient (Wildman–Crippen LogP) is 4.41. The Balaban J connectivity index is 1.49. The van der Waals surface area contributed by atoms with E-state index < -0.39 is 0 Å². The van der Waals surface area contributed by atoms with Crippen LogP contribution in [0.15, 0.2) is 42.0 Å². The van der Waals surface area contributed by atoms with E-state index in [0.717, 1.165) is 54.2 Å². The molecule has 2 N–H and O–H groups in total. The number of hydrogen-bond acceptors (Lipinski definition) is 8. The van der Waals surface area contributed by atoms with Crippen LogP contribution in [0.5, 0.6) is 11.5 Å². The molecule has 1 aliphatic rings. The Morgan fingerprint density at radius 1 is 1.24 bits per heavy atom. The van der Waals surface area contributed by atoms with E-state index in [2.05, 4.69) is 23.9 Å². The minimum Gasteiger partial charge on any atom is -0.496 e. The van der Waals surface area contributed by atoms with Gasteiger partial charge in [0.05, 0.1) is 47.9 Å². The molecule has 0 spiro atoms. The molecular weight excluding hydrogens is 486 g/mol. The van der Waals surface area contributed by atoms with Gasteiger partial charge in [0.25, 0.3) is 5.91 Å². The molecule has 3 aromatic rings. The van der Waals surface area contributed by atoms with Crippen LogP contribution in [0, 0.1) is 5.92 Å². The van der Waals surface area contributed by atoms with Crippen LogP contribution in [0.1, 0.15) is 36.5 Å². The zero-order valence-electron chi connectivity index (χ0n) is 22.1. The van der Waals surface area contributed by atoms with Gasteiger partial charge in [-0.15, -0.1) is 11.3 Å². The number of hydrogen-bond donors (Lipinski definition) is 1. The van der Waals surface area contributed by atoms with Crippen molar-refractivity contribution in [2.45, 2.75) is 32.2 Å². The average Bonchev–Trinajstić information content (AvgIpc) is 3.41. The summed E-state index contributed by atoms with van der Waals surface area (Å²) in [6.07, 6.45) is 6.35. The molecule has 2 aromatic heterocycles. The number of methoxy groups -OCH3 is 1. The Morgan fingerprint density at radius 2 is 2.00 bits per heavy atom. The smallest absolute Gasteiger partial charge is 0.257 e. The molecule has 3 heterocycles. The molecule has 4 rings (SSSR count). The van der Waals surface area contributed by atoms with Crippen molar-refractivity contribution in [1.29, 1.82) is 0 Å². The molecule has 1 amide bonds. The molecule has 0 radical (unpaired) electrons. The molecule has 1 aromatic carbocycles. The highest BCUT2D eigenvalue weighted by Crippen LogP contribution is 2.32. The Bertz CT molecular complexity index is 1190. The lowest BCUT2D eigenvalue weighted by Crippen LogP contribution is -2.44. The second kappa shape index (κ2) is 12.5. The Morgan fingerprint density at radius 3 is 2.73 bits per heavy atom. The van der Waals surface area contributed by atoms with Gasteiger partial charge in [-0.2, -0.15) is 0 Å². The van der Waals surface area contributed by atoms with E-state index in [9.17, 15) is 4.79 Å². The van der Waals surface area contributed by atoms with E-state index in [-0.39, 0.29) is 11.9 Å². The maximum Gasteiger partial charge on any atom is 0.257 e. The summed E-state index contributed by atoms with van der Waals surface area (Å²) in [4.78, 5) is 27.7. The van der Waals surface area contributed by atoms with E-state index in [1.54, 1.807) is 30.8 Å². The molecule has 0 bridgehead atoms. The van der Waals surface area contributed by atoms with E-state index in [0.29, 0.717) is 36.1 Å². The fourth-order valence-corrected chi connectivity index (χ4v) is 5.20. The summed E-state index contributed by atoms with van der Waals surface area (Å²) < 4.78 is 11.5. The van der Waals surface area contributed by atoms with Crippen LogP contribution in [0.4, 0.5) is 0 Å². The largest absolute Gasteiger partial charge is 0.496 e. The molecule has 198 valence electrons. The van der Waals surface area contributed by atoms with Gasteiger partial charge < -0.3 is 25.0 Å². The summed E-state index contributed by atoms with van der Waals surface area (Å²) in [5.74, 6) is 1.78.